The van der Waals surface area contributed by atoms with Crippen LogP contribution >= 0.6 is 0 Å². The number of benzene rings is 1. The molecule has 1 aliphatic heterocycles. The summed E-state index contributed by atoms with van der Waals surface area (Å²) in [7, 11) is 0. The molecule has 0 spiro atoms. The third-order valence-corrected chi connectivity index (χ3v) is 2.34. The molecule has 0 amide bonds. The molecule has 0 aromatic heterocycles. The SMILES string of the molecule is FCc1cccc2c1CCCN2. The van der Waals surface area contributed by atoms with Crippen LogP contribution < -0.4 is 5.32 Å². The van der Waals surface area contributed by atoms with Gasteiger partial charge in [0.15, 0.2) is 0 Å². The van der Waals surface area contributed by atoms with Crippen molar-refractivity contribution in [2.24, 2.45) is 0 Å². The third-order valence-electron chi connectivity index (χ3n) is 2.34. The van der Waals surface area contributed by atoms with Crippen LogP contribution in [0.4, 0.5) is 10.1 Å². The molecule has 0 fully saturated rings. The van der Waals surface area contributed by atoms with Crippen LogP contribution in [-0.4, -0.2) is 6.54 Å². The lowest BCUT2D eigenvalue weighted by Gasteiger charge is -2.19. The Balaban J connectivity index is 2.44. The van der Waals surface area contributed by atoms with Crippen molar-refractivity contribution in [3.05, 3.63) is 29.3 Å². The Morgan fingerprint density at radius 3 is 3.17 bits per heavy atom. The quantitative estimate of drug-likeness (QED) is 0.674. The molecule has 0 aliphatic carbocycles. The fourth-order valence-electron chi connectivity index (χ4n) is 1.71. The van der Waals surface area contributed by atoms with Crippen LogP contribution in [0.3, 0.4) is 0 Å². The predicted molar refractivity (Wildman–Crippen MR) is 48.1 cm³/mol. The van der Waals surface area contributed by atoms with Crippen LogP contribution in [0, 0.1) is 0 Å². The van der Waals surface area contributed by atoms with Crippen molar-refractivity contribution in [1.82, 2.24) is 0 Å². The van der Waals surface area contributed by atoms with Gasteiger partial charge in [0.05, 0.1) is 0 Å². The highest BCUT2D eigenvalue weighted by Gasteiger charge is 2.11. The van der Waals surface area contributed by atoms with Gasteiger partial charge in [0.1, 0.15) is 6.67 Å². The van der Waals surface area contributed by atoms with Gasteiger partial charge >= 0.3 is 0 Å². The minimum atomic E-state index is -0.342. The lowest BCUT2D eigenvalue weighted by Crippen LogP contribution is -2.12. The first-order chi connectivity index (χ1) is 5.92. The maximum atomic E-state index is 12.5. The zero-order valence-corrected chi connectivity index (χ0v) is 6.94. The average Bonchev–Trinajstić information content (AvgIpc) is 2.17. The monoisotopic (exact) mass is 165 g/mol. The van der Waals surface area contributed by atoms with Gasteiger partial charge in [-0.15, -0.1) is 0 Å². The number of hydrogen-bond acceptors (Lipinski definition) is 1. The summed E-state index contributed by atoms with van der Waals surface area (Å²) in [5.41, 5.74) is 3.14. The summed E-state index contributed by atoms with van der Waals surface area (Å²) in [5, 5.41) is 3.27. The van der Waals surface area contributed by atoms with Gasteiger partial charge in [-0.1, -0.05) is 12.1 Å². The van der Waals surface area contributed by atoms with E-state index in [1.807, 2.05) is 18.2 Å². The van der Waals surface area contributed by atoms with Gasteiger partial charge in [-0.25, -0.2) is 4.39 Å². The molecule has 1 aromatic rings. The highest BCUT2D eigenvalue weighted by atomic mass is 19.1. The van der Waals surface area contributed by atoms with Crippen molar-refractivity contribution < 1.29 is 4.39 Å². The van der Waals surface area contributed by atoms with Crippen LogP contribution in [0.5, 0.6) is 0 Å². The Bertz CT molecular complexity index is 269. The summed E-state index contributed by atoms with van der Waals surface area (Å²) < 4.78 is 12.5. The molecule has 1 nitrogen and oxygen atoms in total. The Morgan fingerprint density at radius 1 is 1.42 bits per heavy atom. The number of anilines is 1. The molecule has 1 N–H and O–H groups in total. The van der Waals surface area contributed by atoms with Crippen LogP contribution in [0.2, 0.25) is 0 Å². The summed E-state index contributed by atoms with van der Waals surface area (Å²) in [6, 6.07) is 5.80. The van der Waals surface area contributed by atoms with Crippen LogP contribution in [-0.2, 0) is 13.1 Å². The van der Waals surface area contributed by atoms with Crippen molar-refractivity contribution in [3.8, 4) is 0 Å². The van der Waals surface area contributed by atoms with E-state index in [2.05, 4.69) is 5.32 Å². The topological polar surface area (TPSA) is 12.0 Å². The first-order valence-corrected chi connectivity index (χ1v) is 4.32. The van der Waals surface area contributed by atoms with E-state index < -0.39 is 0 Å². The second-order valence-corrected chi connectivity index (χ2v) is 3.11. The molecule has 0 bridgehead atoms. The lowest BCUT2D eigenvalue weighted by molar-refractivity contribution is 0.481. The van der Waals surface area contributed by atoms with Crippen molar-refractivity contribution >= 4 is 5.69 Å². The van der Waals surface area contributed by atoms with Gasteiger partial charge in [0.2, 0.25) is 0 Å². The summed E-state index contributed by atoms with van der Waals surface area (Å²) in [5.74, 6) is 0. The zero-order valence-electron chi connectivity index (χ0n) is 6.94. The van der Waals surface area contributed by atoms with E-state index in [9.17, 15) is 4.39 Å². The van der Waals surface area contributed by atoms with E-state index in [1.54, 1.807) is 0 Å². The van der Waals surface area contributed by atoms with E-state index in [1.165, 1.54) is 5.56 Å². The largest absolute Gasteiger partial charge is 0.385 e. The summed E-state index contributed by atoms with van der Waals surface area (Å²) in [6.45, 7) is 0.674. The molecule has 0 atom stereocenters. The molecule has 2 heteroatoms. The number of alkyl halides is 1. The summed E-state index contributed by atoms with van der Waals surface area (Å²) >= 11 is 0. The van der Waals surface area contributed by atoms with Crippen molar-refractivity contribution in [2.45, 2.75) is 19.5 Å². The smallest absolute Gasteiger partial charge is 0.115 e. The second-order valence-electron chi connectivity index (χ2n) is 3.11. The van der Waals surface area contributed by atoms with Crippen LogP contribution in [0.1, 0.15) is 17.5 Å². The molecule has 0 saturated heterocycles. The normalized spacial score (nSPS) is 15.1. The molecule has 1 aromatic carbocycles. The maximum Gasteiger partial charge on any atom is 0.115 e. The van der Waals surface area contributed by atoms with Crippen molar-refractivity contribution in [2.75, 3.05) is 11.9 Å². The summed E-state index contributed by atoms with van der Waals surface area (Å²) in [6.07, 6.45) is 2.13. The molecule has 1 aliphatic rings. The first kappa shape index (κ1) is 7.59. The molecular weight excluding hydrogens is 153 g/mol. The van der Waals surface area contributed by atoms with E-state index >= 15 is 0 Å². The van der Waals surface area contributed by atoms with Gasteiger partial charge in [-0.05, 0) is 30.0 Å². The van der Waals surface area contributed by atoms with Gasteiger partial charge in [-0.2, -0.15) is 0 Å². The molecule has 0 radical (unpaired) electrons. The zero-order chi connectivity index (χ0) is 8.39. The lowest BCUT2D eigenvalue weighted by atomic mass is 9.98. The number of nitrogens with one attached hydrogen (secondary N) is 1. The van der Waals surface area contributed by atoms with Crippen molar-refractivity contribution in [1.29, 1.82) is 0 Å². The Kier molecular flexibility index (Phi) is 1.98. The third kappa shape index (κ3) is 1.17. The van der Waals surface area contributed by atoms with E-state index in [4.69, 9.17) is 0 Å². The number of rotatable bonds is 1. The highest BCUT2D eigenvalue weighted by molar-refractivity contribution is 5.56. The highest BCUT2D eigenvalue weighted by Crippen LogP contribution is 2.25. The average molecular weight is 165 g/mol. The standard InChI is InChI=1S/C10H12FN/c11-7-8-3-1-5-10-9(8)4-2-6-12-10/h1,3,5,12H,2,4,6-7H2. The first-order valence-electron chi connectivity index (χ1n) is 4.32. The van der Waals surface area contributed by atoms with Gasteiger partial charge in [0, 0.05) is 12.2 Å². The molecule has 0 saturated carbocycles. The Labute approximate surface area is 71.6 Å². The minimum Gasteiger partial charge on any atom is -0.385 e. The number of hydrogen-bond donors (Lipinski definition) is 1. The van der Waals surface area contributed by atoms with Crippen LogP contribution in [0.15, 0.2) is 18.2 Å². The molecule has 12 heavy (non-hydrogen) atoms. The molecule has 2 rings (SSSR count). The number of fused-ring (bicyclic) bond motifs is 1. The molecule has 64 valence electrons. The number of halogens is 1. The maximum absolute atomic E-state index is 12.5. The Hall–Kier alpha value is -1.05. The fraction of sp³-hybridized carbons (Fsp3) is 0.400. The van der Waals surface area contributed by atoms with Crippen molar-refractivity contribution in [3.63, 3.8) is 0 Å². The molecule has 0 unspecified atom stereocenters. The summed E-state index contributed by atoms with van der Waals surface area (Å²) in [4.78, 5) is 0. The molecular formula is C10H12FN. The van der Waals surface area contributed by atoms with Crippen LogP contribution in [0.25, 0.3) is 0 Å². The fourth-order valence-corrected chi connectivity index (χ4v) is 1.71. The molecule has 1 heterocycles. The second kappa shape index (κ2) is 3.13. The van der Waals surface area contributed by atoms with E-state index in [0.717, 1.165) is 30.6 Å². The van der Waals surface area contributed by atoms with E-state index in [0.29, 0.717) is 0 Å². The van der Waals surface area contributed by atoms with Gasteiger partial charge < -0.3 is 5.32 Å². The van der Waals surface area contributed by atoms with Gasteiger partial charge in [0.25, 0.3) is 0 Å². The van der Waals surface area contributed by atoms with Gasteiger partial charge in [-0.3, -0.25) is 0 Å². The predicted octanol–water partition coefficient (Wildman–Crippen LogP) is 2.51. The minimum absolute atomic E-state index is 0.342. The van der Waals surface area contributed by atoms with E-state index in [-0.39, 0.29) is 6.67 Å². The Morgan fingerprint density at radius 2 is 2.33 bits per heavy atom.